The Kier molecular flexibility index (Phi) is 2.05. The SMILES string of the molecule is [CH2]C(=O)N1CCc2ccccc2C1. The van der Waals surface area contributed by atoms with Gasteiger partial charge in [-0.2, -0.15) is 0 Å². The van der Waals surface area contributed by atoms with Gasteiger partial charge in [-0.1, -0.05) is 24.3 Å². The molecule has 1 amide bonds. The second-order valence-corrected chi connectivity index (χ2v) is 3.33. The third kappa shape index (κ3) is 1.57. The van der Waals surface area contributed by atoms with E-state index in [9.17, 15) is 4.79 Å². The summed E-state index contributed by atoms with van der Waals surface area (Å²) in [6.45, 7) is 4.95. The molecule has 1 aromatic rings. The molecule has 2 heteroatoms. The van der Waals surface area contributed by atoms with Crippen LogP contribution in [-0.2, 0) is 17.8 Å². The molecule has 0 aromatic heterocycles. The fourth-order valence-corrected chi connectivity index (χ4v) is 1.71. The number of carbonyl (C=O) groups excluding carboxylic acids is 1. The number of nitrogens with zero attached hydrogens (tertiary/aromatic N) is 1. The van der Waals surface area contributed by atoms with Gasteiger partial charge in [0.1, 0.15) is 0 Å². The van der Waals surface area contributed by atoms with Crippen LogP contribution in [0, 0.1) is 6.92 Å². The molecule has 0 aliphatic carbocycles. The molecule has 0 saturated carbocycles. The molecule has 1 radical (unpaired) electrons. The van der Waals surface area contributed by atoms with Crippen LogP contribution in [0.15, 0.2) is 24.3 Å². The lowest BCUT2D eigenvalue weighted by atomic mass is 10.00. The summed E-state index contributed by atoms with van der Waals surface area (Å²) in [5, 5.41) is 0. The Labute approximate surface area is 78.2 Å². The van der Waals surface area contributed by atoms with Crippen molar-refractivity contribution in [3.8, 4) is 0 Å². The summed E-state index contributed by atoms with van der Waals surface area (Å²) in [5.74, 6) is -0.0745. The van der Waals surface area contributed by atoms with E-state index >= 15 is 0 Å². The molecule has 1 heterocycles. The van der Waals surface area contributed by atoms with Gasteiger partial charge in [0.15, 0.2) is 0 Å². The minimum absolute atomic E-state index is 0.0745. The van der Waals surface area contributed by atoms with Crippen molar-refractivity contribution in [1.29, 1.82) is 0 Å². The highest BCUT2D eigenvalue weighted by molar-refractivity contribution is 5.80. The molecule has 1 aliphatic rings. The Morgan fingerprint density at radius 3 is 2.69 bits per heavy atom. The third-order valence-electron chi connectivity index (χ3n) is 2.48. The van der Waals surface area contributed by atoms with E-state index in [2.05, 4.69) is 19.1 Å². The minimum atomic E-state index is -0.0745. The lowest BCUT2D eigenvalue weighted by Crippen LogP contribution is -2.34. The van der Waals surface area contributed by atoms with E-state index in [0.29, 0.717) is 0 Å². The van der Waals surface area contributed by atoms with Crippen molar-refractivity contribution in [3.05, 3.63) is 42.3 Å². The van der Waals surface area contributed by atoms with Gasteiger partial charge < -0.3 is 4.90 Å². The summed E-state index contributed by atoms with van der Waals surface area (Å²) in [4.78, 5) is 12.8. The second-order valence-electron chi connectivity index (χ2n) is 3.33. The van der Waals surface area contributed by atoms with E-state index in [4.69, 9.17) is 0 Å². The summed E-state index contributed by atoms with van der Waals surface area (Å²) in [6, 6.07) is 8.25. The summed E-state index contributed by atoms with van der Waals surface area (Å²) in [7, 11) is 0. The van der Waals surface area contributed by atoms with E-state index < -0.39 is 0 Å². The Balaban J connectivity index is 2.24. The molecule has 67 valence electrons. The number of carbonyl (C=O) groups is 1. The van der Waals surface area contributed by atoms with Crippen molar-refractivity contribution >= 4 is 5.91 Å². The van der Waals surface area contributed by atoms with Crippen LogP contribution in [0.1, 0.15) is 11.1 Å². The molecule has 0 spiro atoms. The first-order chi connectivity index (χ1) is 6.27. The van der Waals surface area contributed by atoms with Gasteiger partial charge in [-0.05, 0) is 17.5 Å². The van der Waals surface area contributed by atoms with E-state index in [1.54, 1.807) is 4.90 Å². The average molecular weight is 174 g/mol. The maximum Gasteiger partial charge on any atom is 0.223 e. The summed E-state index contributed by atoms with van der Waals surface area (Å²) in [6.07, 6.45) is 0.956. The quantitative estimate of drug-likeness (QED) is 0.582. The molecule has 2 nitrogen and oxygen atoms in total. The first kappa shape index (κ1) is 8.30. The fraction of sp³-hybridized carbons (Fsp3) is 0.273. The number of benzene rings is 1. The number of hydrogen-bond acceptors (Lipinski definition) is 1. The lowest BCUT2D eigenvalue weighted by Gasteiger charge is -2.27. The molecule has 0 atom stereocenters. The van der Waals surface area contributed by atoms with Crippen molar-refractivity contribution < 1.29 is 4.79 Å². The van der Waals surface area contributed by atoms with Gasteiger partial charge >= 0.3 is 0 Å². The van der Waals surface area contributed by atoms with Gasteiger partial charge in [-0.15, -0.1) is 0 Å². The van der Waals surface area contributed by atoms with Crippen molar-refractivity contribution in [2.24, 2.45) is 0 Å². The highest BCUT2D eigenvalue weighted by Crippen LogP contribution is 2.17. The number of fused-ring (bicyclic) bond motifs is 1. The standard InChI is InChI=1S/C11H12NO/c1-9(13)12-7-6-10-4-2-3-5-11(10)8-12/h2-5H,1,6-8H2. The molecule has 1 aromatic carbocycles. The van der Waals surface area contributed by atoms with Crippen molar-refractivity contribution in [2.75, 3.05) is 6.54 Å². The average Bonchev–Trinajstić information content (AvgIpc) is 2.17. The van der Waals surface area contributed by atoms with Crippen LogP contribution in [0.4, 0.5) is 0 Å². The lowest BCUT2D eigenvalue weighted by molar-refractivity contribution is -0.127. The monoisotopic (exact) mass is 174 g/mol. The normalized spacial score (nSPS) is 15.3. The number of hydrogen-bond donors (Lipinski definition) is 0. The van der Waals surface area contributed by atoms with Crippen LogP contribution in [0.3, 0.4) is 0 Å². The molecule has 0 bridgehead atoms. The van der Waals surface area contributed by atoms with E-state index in [1.807, 2.05) is 12.1 Å². The molecule has 0 unspecified atom stereocenters. The van der Waals surface area contributed by atoms with Gasteiger partial charge in [0.05, 0.1) is 0 Å². The minimum Gasteiger partial charge on any atom is -0.338 e. The van der Waals surface area contributed by atoms with Crippen LogP contribution in [0.25, 0.3) is 0 Å². The van der Waals surface area contributed by atoms with E-state index in [-0.39, 0.29) is 5.91 Å². The van der Waals surface area contributed by atoms with Crippen LogP contribution < -0.4 is 0 Å². The van der Waals surface area contributed by atoms with Crippen LogP contribution in [0.5, 0.6) is 0 Å². The Bertz CT molecular complexity index is 333. The van der Waals surface area contributed by atoms with Gasteiger partial charge in [-0.3, -0.25) is 4.79 Å². The number of rotatable bonds is 0. The molecular formula is C11H12NO. The van der Waals surface area contributed by atoms with Gasteiger partial charge in [0, 0.05) is 20.0 Å². The zero-order valence-corrected chi connectivity index (χ0v) is 7.49. The smallest absolute Gasteiger partial charge is 0.223 e. The van der Waals surface area contributed by atoms with Crippen molar-refractivity contribution in [1.82, 2.24) is 4.90 Å². The van der Waals surface area contributed by atoms with Crippen LogP contribution in [0.2, 0.25) is 0 Å². The van der Waals surface area contributed by atoms with Crippen molar-refractivity contribution in [3.63, 3.8) is 0 Å². The largest absolute Gasteiger partial charge is 0.338 e. The topological polar surface area (TPSA) is 20.3 Å². The van der Waals surface area contributed by atoms with Crippen LogP contribution >= 0.6 is 0 Å². The molecule has 1 aliphatic heterocycles. The Morgan fingerprint density at radius 2 is 2.00 bits per heavy atom. The Hall–Kier alpha value is -1.31. The van der Waals surface area contributed by atoms with Crippen molar-refractivity contribution in [2.45, 2.75) is 13.0 Å². The summed E-state index contributed by atoms with van der Waals surface area (Å²) in [5.41, 5.74) is 2.62. The number of amides is 1. The summed E-state index contributed by atoms with van der Waals surface area (Å²) >= 11 is 0. The highest BCUT2D eigenvalue weighted by Gasteiger charge is 2.16. The van der Waals surface area contributed by atoms with E-state index in [1.165, 1.54) is 11.1 Å². The zero-order chi connectivity index (χ0) is 9.26. The Morgan fingerprint density at radius 1 is 1.31 bits per heavy atom. The molecule has 2 rings (SSSR count). The fourth-order valence-electron chi connectivity index (χ4n) is 1.71. The first-order valence-corrected chi connectivity index (χ1v) is 4.45. The van der Waals surface area contributed by atoms with E-state index in [0.717, 1.165) is 19.5 Å². The molecule has 0 fully saturated rings. The van der Waals surface area contributed by atoms with Gasteiger partial charge in [0.2, 0.25) is 5.91 Å². The maximum atomic E-state index is 11.0. The van der Waals surface area contributed by atoms with Gasteiger partial charge in [-0.25, -0.2) is 0 Å². The molecule has 13 heavy (non-hydrogen) atoms. The maximum absolute atomic E-state index is 11.0. The molecular weight excluding hydrogens is 162 g/mol. The van der Waals surface area contributed by atoms with Crippen LogP contribution in [-0.4, -0.2) is 17.4 Å². The second kappa shape index (κ2) is 3.21. The van der Waals surface area contributed by atoms with Gasteiger partial charge in [0.25, 0.3) is 0 Å². The zero-order valence-electron chi connectivity index (χ0n) is 7.49. The molecule has 0 saturated heterocycles. The third-order valence-corrected chi connectivity index (χ3v) is 2.48. The highest BCUT2D eigenvalue weighted by atomic mass is 16.2. The molecule has 0 N–H and O–H groups in total. The summed E-state index contributed by atoms with van der Waals surface area (Å²) < 4.78 is 0. The predicted octanol–water partition coefficient (Wildman–Crippen LogP) is 1.41. The predicted molar refractivity (Wildman–Crippen MR) is 50.9 cm³/mol. The first-order valence-electron chi connectivity index (χ1n) is 4.45.